The van der Waals surface area contributed by atoms with Crippen LogP contribution in [0.5, 0.6) is 0 Å². The first-order valence-corrected chi connectivity index (χ1v) is 8.87. The molecular formula is C19H31N3O. The first kappa shape index (κ1) is 18.0. The van der Waals surface area contributed by atoms with Gasteiger partial charge in [0.2, 0.25) is 5.91 Å². The van der Waals surface area contributed by atoms with E-state index in [1.807, 2.05) is 6.07 Å². The van der Waals surface area contributed by atoms with Crippen molar-refractivity contribution in [1.29, 1.82) is 0 Å². The van der Waals surface area contributed by atoms with Crippen LogP contribution >= 0.6 is 0 Å². The van der Waals surface area contributed by atoms with E-state index in [4.69, 9.17) is 5.73 Å². The van der Waals surface area contributed by atoms with E-state index in [0.717, 1.165) is 25.9 Å². The van der Waals surface area contributed by atoms with Crippen molar-refractivity contribution in [3.63, 3.8) is 0 Å². The molecule has 1 unspecified atom stereocenters. The van der Waals surface area contributed by atoms with Crippen molar-refractivity contribution in [1.82, 2.24) is 10.2 Å². The largest absolute Gasteiger partial charge is 0.353 e. The summed E-state index contributed by atoms with van der Waals surface area (Å²) in [5.41, 5.74) is 7.30. The summed E-state index contributed by atoms with van der Waals surface area (Å²) in [6.07, 6.45) is 4.37. The Balaban J connectivity index is 1.85. The van der Waals surface area contributed by atoms with Crippen molar-refractivity contribution in [2.45, 2.75) is 58.2 Å². The van der Waals surface area contributed by atoms with E-state index in [-0.39, 0.29) is 11.9 Å². The van der Waals surface area contributed by atoms with Crippen LogP contribution in [0.15, 0.2) is 30.3 Å². The second-order valence-electron chi connectivity index (χ2n) is 7.09. The zero-order valence-corrected chi connectivity index (χ0v) is 14.5. The van der Waals surface area contributed by atoms with Crippen LogP contribution in [0, 0.1) is 5.92 Å². The highest BCUT2D eigenvalue weighted by molar-refractivity contribution is 5.81. The molecule has 1 amide bonds. The highest BCUT2D eigenvalue weighted by atomic mass is 16.2. The summed E-state index contributed by atoms with van der Waals surface area (Å²) in [5.74, 6) is 0.434. The van der Waals surface area contributed by atoms with Crippen LogP contribution < -0.4 is 11.1 Å². The number of likely N-dealkylation sites (tertiary alicyclic amines) is 1. The summed E-state index contributed by atoms with van der Waals surface area (Å²) in [6.45, 7) is 6.95. The van der Waals surface area contributed by atoms with Gasteiger partial charge >= 0.3 is 0 Å². The van der Waals surface area contributed by atoms with Gasteiger partial charge in [-0.2, -0.15) is 0 Å². The molecule has 4 nitrogen and oxygen atoms in total. The highest BCUT2D eigenvalue weighted by Crippen LogP contribution is 2.19. The van der Waals surface area contributed by atoms with Crippen LogP contribution in [0.1, 0.15) is 45.1 Å². The maximum Gasteiger partial charge on any atom is 0.236 e. The zero-order valence-electron chi connectivity index (χ0n) is 14.5. The third-order valence-electron chi connectivity index (χ3n) is 4.55. The minimum atomic E-state index is -0.388. The van der Waals surface area contributed by atoms with Crippen LogP contribution in [-0.2, 0) is 11.3 Å². The Labute approximate surface area is 140 Å². The van der Waals surface area contributed by atoms with Crippen LogP contribution in [-0.4, -0.2) is 36.0 Å². The molecule has 2 rings (SSSR count). The Morgan fingerprint density at radius 2 is 2.04 bits per heavy atom. The Morgan fingerprint density at radius 1 is 1.30 bits per heavy atom. The molecule has 3 N–H and O–H groups in total. The Kier molecular flexibility index (Phi) is 7.06. The van der Waals surface area contributed by atoms with E-state index in [2.05, 4.69) is 48.3 Å². The maximum atomic E-state index is 12.1. The van der Waals surface area contributed by atoms with Crippen molar-refractivity contribution in [2.75, 3.05) is 13.1 Å². The van der Waals surface area contributed by atoms with E-state index in [9.17, 15) is 4.79 Å². The van der Waals surface area contributed by atoms with Crippen molar-refractivity contribution >= 4 is 5.91 Å². The highest BCUT2D eigenvalue weighted by Gasteiger charge is 2.24. The topological polar surface area (TPSA) is 58.4 Å². The number of benzene rings is 1. The lowest BCUT2D eigenvalue weighted by Crippen LogP contribution is -2.49. The van der Waals surface area contributed by atoms with E-state index in [0.29, 0.717) is 18.5 Å². The summed E-state index contributed by atoms with van der Waals surface area (Å²) in [5, 5.41) is 3.07. The van der Waals surface area contributed by atoms with E-state index >= 15 is 0 Å². The number of nitrogens with two attached hydrogens (primary N) is 1. The van der Waals surface area contributed by atoms with Gasteiger partial charge < -0.3 is 11.1 Å². The molecule has 2 atom stereocenters. The predicted molar refractivity (Wildman–Crippen MR) is 94.9 cm³/mol. The average Bonchev–Trinajstić information content (AvgIpc) is 2.54. The molecular weight excluding hydrogens is 286 g/mol. The normalized spacial score (nSPS) is 20.4. The molecule has 1 aromatic carbocycles. The molecule has 128 valence electrons. The molecule has 0 aliphatic carbocycles. The summed E-state index contributed by atoms with van der Waals surface area (Å²) < 4.78 is 0. The molecule has 0 bridgehead atoms. The van der Waals surface area contributed by atoms with Gasteiger partial charge in [0, 0.05) is 19.1 Å². The van der Waals surface area contributed by atoms with Crippen molar-refractivity contribution in [3.8, 4) is 0 Å². The lowest BCUT2D eigenvalue weighted by atomic mass is 10.0. The molecule has 1 fully saturated rings. The number of nitrogens with zero attached hydrogens (tertiary/aromatic N) is 1. The van der Waals surface area contributed by atoms with Crippen molar-refractivity contribution in [3.05, 3.63) is 35.9 Å². The molecule has 0 spiro atoms. The molecule has 4 heteroatoms. The average molecular weight is 317 g/mol. The fourth-order valence-electron chi connectivity index (χ4n) is 3.28. The monoisotopic (exact) mass is 317 g/mol. The van der Waals surface area contributed by atoms with Crippen LogP contribution in [0.2, 0.25) is 0 Å². The molecule has 1 aliphatic heterocycles. The van der Waals surface area contributed by atoms with E-state index < -0.39 is 0 Å². The summed E-state index contributed by atoms with van der Waals surface area (Å²) in [4.78, 5) is 14.6. The first-order chi connectivity index (χ1) is 11.1. The minimum absolute atomic E-state index is 0.0102. The van der Waals surface area contributed by atoms with Gasteiger partial charge in [-0.25, -0.2) is 0 Å². The molecule has 0 aromatic heterocycles. The maximum absolute atomic E-state index is 12.1. The fourth-order valence-corrected chi connectivity index (χ4v) is 3.28. The van der Waals surface area contributed by atoms with Gasteiger partial charge in [-0.05, 0) is 37.3 Å². The number of rotatable bonds is 7. The van der Waals surface area contributed by atoms with E-state index in [1.165, 1.54) is 18.4 Å². The van der Waals surface area contributed by atoms with Gasteiger partial charge in [-0.3, -0.25) is 9.69 Å². The van der Waals surface area contributed by atoms with Crippen LogP contribution in [0.25, 0.3) is 0 Å². The van der Waals surface area contributed by atoms with Crippen molar-refractivity contribution < 1.29 is 4.79 Å². The summed E-state index contributed by atoms with van der Waals surface area (Å²) in [6, 6.07) is 10.6. The third kappa shape index (κ3) is 5.96. The second-order valence-corrected chi connectivity index (χ2v) is 7.09. The lowest BCUT2D eigenvalue weighted by molar-refractivity contribution is -0.123. The van der Waals surface area contributed by atoms with Crippen LogP contribution in [0.4, 0.5) is 0 Å². The quantitative estimate of drug-likeness (QED) is 0.812. The number of amides is 1. The van der Waals surface area contributed by atoms with Gasteiger partial charge in [0.25, 0.3) is 0 Å². The third-order valence-corrected chi connectivity index (χ3v) is 4.55. The zero-order chi connectivity index (χ0) is 16.7. The number of nitrogens with one attached hydrogen (secondary N) is 1. The Bertz CT molecular complexity index is 475. The molecule has 1 aliphatic rings. The Morgan fingerprint density at radius 3 is 2.74 bits per heavy atom. The minimum Gasteiger partial charge on any atom is -0.353 e. The summed E-state index contributed by atoms with van der Waals surface area (Å²) in [7, 11) is 0. The van der Waals surface area contributed by atoms with Gasteiger partial charge in [0.1, 0.15) is 0 Å². The fraction of sp³-hybridized carbons (Fsp3) is 0.632. The number of hydrogen-bond donors (Lipinski definition) is 2. The van der Waals surface area contributed by atoms with E-state index in [1.54, 1.807) is 0 Å². The number of carbonyl (C=O) groups is 1. The van der Waals surface area contributed by atoms with Gasteiger partial charge in [-0.1, -0.05) is 50.6 Å². The smallest absolute Gasteiger partial charge is 0.236 e. The van der Waals surface area contributed by atoms with Gasteiger partial charge in [0.15, 0.2) is 0 Å². The Hall–Kier alpha value is -1.39. The molecule has 0 radical (unpaired) electrons. The standard InChI is InChI=1S/C19H31N3O/c1-15(2)12-18(20)19(23)21-13-17-10-6-7-11-22(17)14-16-8-4-3-5-9-16/h3-5,8-9,15,17-18H,6-7,10-14,20H2,1-2H3,(H,21,23)/t17?,18-/m0/s1. The lowest BCUT2D eigenvalue weighted by Gasteiger charge is -2.36. The first-order valence-electron chi connectivity index (χ1n) is 8.87. The van der Waals surface area contributed by atoms with Gasteiger partial charge in [0.05, 0.1) is 6.04 Å². The van der Waals surface area contributed by atoms with Crippen LogP contribution in [0.3, 0.4) is 0 Å². The summed E-state index contributed by atoms with van der Waals surface area (Å²) >= 11 is 0. The number of hydrogen-bond acceptors (Lipinski definition) is 3. The second kappa shape index (κ2) is 9.04. The van der Waals surface area contributed by atoms with Crippen molar-refractivity contribution in [2.24, 2.45) is 11.7 Å². The molecule has 0 saturated carbocycles. The molecule has 23 heavy (non-hydrogen) atoms. The number of carbonyl (C=O) groups excluding carboxylic acids is 1. The SMILES string of the molecule is CC(C)C[C@H](N)C(=O)NCC1CCCCN1Cc1ccccc1. The molecule has 1 saturated heterocycles. The number of piperidine rings is 1. The molecule has 1 heterocycles. The molecule has 1 aromatic rings. The predicted octanol–water partition coefficient (Wildman–Crippen LogP) is 2.53. The van der Waals surface area contributed by atoms with Gasteiger partial charge in [-0.15, -0.1) is 0 Å².